The molecule has 2 fully saturated rings. The maximum Gasteiger partial charge on any atom is 0.407 e. The average molecular weight is 863 g/mol. The smallest absolute Gasteiger partial charge is 0.407 e. The average Bonchev–Trinajstić information content (AvgIpc) is 4.11. The molecule has 16 heteroatoms. The number of hydrogen-bond donors (Lipinski definition) is 4. The third-order valence-electron chi connectivity index (χ3n) is 13.2. The number of rotatable bonds is 12. The Morgan fingerprint density at radius 3 is 2.37 bits per heavy atom. The first kappa shape index (κ1) is 43.5. The molecule has 63 heavy (non-hydrogen) atoms. The van der Waals surface area contributed by atoms with Crippen molar-refractivity contribution in [2.45, 2.75) is 97.1 Å². The Bertz CT molecular complexity index is 2530. The number of ether oxygens (including phenoxy) is 4. The summed E-state index contributed by atoms with van der Waals surface area (Å²) in [6, 6.07) is 12.5. The molecule has 3 unspecified atom stereocenters. The molecule has 0 spiro atoms. The van der Waals surface area contributed by atoms with Gasteiger partial charge in [-0.25, -0.2) is 19.6 Å². The van der Waals surface area contributed by atoms with Crippen LogP contribution in [0.5, 0.6) is 5.75 Å². The Hall–Kier alpha value is -6.16. The van der Waals surface area contributed by atoms with Crippen molar-refractivity contribution in [1.82, 2.24) is 40.4 Å². The van der Waals surface area contributed by atoms with Crippen LogP contribution >= 0.6 is 0 Å². The Balaban J connectivity index is 1.05. The summed E-state index contributed by atoms with van der Waals surface area (Å²) >= 11 is 0. The van der Waals surface area contributed by atoms with Crippen LogP contribution in [0.25, 0.3) is 44.2 Å². The maximum atomic E-state index is 14.1. The molecule has 2 aromatic heterocycles. The van der Waals surface area contributed by atoms with E-state index in [-0.39, 0.29) is 47.7 Å². The summed E-state index contributed by atoms with van der Waals surface area (Å²) in [4.78, 5) is 73.1. The fourth-order valence-corrected chi connectivity index (χ4v) is 9.60. The lowest BCUT2D eigenvalue weighted by molar-refractivity contribution is -0.137. The highest BCUT2D eigenvalue weighted by molar-refractivity contribution is 6.07. The second-order valence-corrected chi connectivity index (χ2v) is 17.6. The molecule has 0 bridgehead atoms. The van der Waals surface area contributed by atoms with Gasteiger partial charge in [-0.2, -0.15) is 0 Å². The molecule has 4 amide bonds. The quantitative estimate of drug-likeness (QED) is 0.0982. The molecule has 7 atom stereocenters. The normalized spacial score (nSPS) is 20.8. The molecule has 3 aliphatic rings. The summed E-state index contributed by atoms with van der Waals surface area (Å²) in [5, 5.41) is 7.50. The number of carbonyl (C=O) groups excluding carboxylic acids is 4. The molecule has 3 aliphatic heterocycles. The first-order chi connectivity index (χ1) is 30.3. The van der Waals surface area contributed by atoms with E-state index < -0.39 is 24.3 Å². The zero-order valence-corrected chi connectivity index (χ0v) is 37.2. The zero-order chi connectivity index (χ0) is 44.7. The van der Waals surface area contributed by atoms with Crippen LogP contribution in [-0.2, 0) is 30.4 Å². The number of benzene rings is 3. The Kier molecular flexibility index (Phi) is 12.4. The molecule has 16 nitrogen and oxygen atoms in total. The van der Waals surface area contributed by atoms with E-state index in [0.29, 0.717) is 44.2 Å². The predicted octanol–water partition coefficient (Wildman–Crippen LogP) is 7.40. The standard InChI is InChI=1S/C47H58N8O8/c1-9-25(4)40(53-47(59)62-8)45(57)55-26(5)10-15-36(55)43-49-34-14-12-28-18-33-31-13-11-29(17-30(31)23-63-38(33)19-32(28)41(34)51-43)35-20-48-42(50-35)37-16-27(22-60-6)21-54(37)44(56)39(24(2)3)52-46(58)61-7/h11-14,17-20,24-27,36-37,39-40H,9-10,15-16,21-23H2,1-8H3,(H,48,50)(H,49,51)(H,52,58)(H,53,59)/t25-,26-,27-,36?,37?,39-,40?/m0/s1. The van der Waals surface area contributed by atoms with Crippen LogP contribution in [0, 0.1) is 17.8 Å². The number of aromatic nitrogens is 4. The van der Waals surface area contributed by atoms with E-state index in [1.807, 2.05) is 45.6 Å². The van der Waals surface area contributed by atoms with E-state index in [0.717, 1.165) is 68.3 Å². The molecule has 0 saturated carbocycles. The van der Waals surface area contributed by atoms with Gasteiger partial charge >= 0.3 is 12.2 Å². The monoisotopic (exact) mass is 862 g/mol. The molecular formula is C47H58N8O8. The molecule has 8 rings (SSSR count). The highest BCUT2D eigenvalue weighted by Crippen LogP contribution is 2.44. The Labute approximate surface area is 366 Å². The van der Waals surface area contributed by atoms with Gasteiger partial charge in [0.2, 0.25) is 11.8 Å². The van der Waals surface area contributed by atoms with Gasteiger partial charge in [-0.3, -0.25) is 9.59 Å². The number of methoxy groups -OCH3 is 3. The van der Waals surface area contributed by atoms with E-state index in [2.05, 4.69) is 57.0 Å². The minimum atomic E-state index is -0.755. The molecule has 0 radical (unpaired) electrons. The minimum absolute atomic E-state index is 0.0298. The van der Waals surface area contributed by atoms with Crippen molar-refractivity contribution >= 4 is 45.8 Å². The number of nitrogens with zero attached hydrogens (tertiary/aromatic N) is 4. The van der Waals surface area contributed by atoms with Gasteiger partial charge in [0, 0.05) is 36.6 Å². The number of nitrogens with one attached hydrogen (secondary N) is 4. The molecule has 5 heterocycles. The van der Waals surface area contributed by atoms with E-state index in [4.69, 9.17) is 28.9 Å². The SMILES string of the molecule is CC[C@H](C)C(NC(=O)OC)C(=O)N1C(c2nc3ccc4cc5c(cc4c3[nH]2)OCc2cc(-c3cnc(C4C[C@H](COC)CN4C(=O)[C@@H](NC(=O)OC)C(C)C)[nH]3)ccc2-5)CC[C@@H]1C. The van der Waals surface area contributed by atoms with Crippen molar-refractivity contribution in [3.8, 4) is 28.1 Å². The number of imidazole rings is 2. The number of alkyl carbamates (subject to hydrolysis) is 2. The summed E-state index contributed by atoms with van der Waals surface area (Å²) in [7, 11) is 4.24. The van der Waals surface area contributed by atoms with Gasteiger partial charge in [0.1, 0.15) is 36.1 Å². The summed E-state index contributed by atoms with van der Waals surface area (Å²) in [6.07, 6.45) is 3.47. The Morgan fingerprint density at radius 2 is 1.65 bits per heavy atom. The van der Waals surface area contributed by atoms with Crippen molar-refractivity contribution in [3.05, 3.63) is 65.9 Å². The first-order valence-corrected chi connectivity index (χ1v) is 21.9. The van der Waals surface area contributed by atoms with Crippen molar-refractivity contribution in [2.75, 3.05) is 34.5 Å². The van der Waals surface area contributed by atoms with Crippen LogP contribution in [0.15, 0.2) is 48.7 Å². The number of fused-ring (bicyclic) bond motifs is 6. The van der Waals surface area contributed by atoms with E-state index in [1.165, 1.54) is 14.2 Å². The van der Waals surface area contributed by atoms with Gasteiger partial charge in [0.15, 0.2) is 0 Å². The Morgan fingerprint density at radius 1 is 0.889 bits per heavy atom. The summed E-state index contributed by atoms with van der Waals surface area (Å²) < 4.78 is 21.6. The van der Waals surface area contributed by atoms with Gasteiger partial charge in [0.25, 0.3) is 0 Å². The van der Waals surface area contributed by atoms with Crippen LogP contribution in [0.1, 0.15) is 89.6 Å². The number of amides is 4. The largest absolute Gasteiger partial charge is 0.488 e. The second-order valence-electron chi connectivity index (χ2n) is 17.6. The van der Waals surface area contributed by atoms with Crippen molar-refractivity contribution in [3.63, 3.8) is 0 Å². The predicted molar refractivity (Wildman–Crippen MR) is 237 cm³/mol. The zero-order valence-electron chi connectivity index (χ0n) is 37.2. The minimum Gasteiger partial charge on any atom is -0.488 e. The fourth-order valence-electron chi connectivity index (χ4n) is 9.60. The van der Waals surface area contributed by atoms with Crippen molar-refractivity contribution in [2.24, 2.45) is 17.8 Å². The number of H-pyrrole nitrogens is 2. The second kappa shape index (κ2) is 17.9. The lowest BCUT2D eigenvalue weighted by Crippen LogP contribution is -2.53. The van der Waals surface area contributed by atoms with Crippen molar-refractivity contribution < 1.29 is 38.1 Å². The topological polar surface area (TPSA) is 193 Å². The highest BCUT2D eigenvalue weighted by atomic mass is 16.5. The first-order valence-electron chi connectivity index (χ1n) is 21.9. The number of carbonyl (C=O) groups is 4. The molecular weight excluding hydrogens is 805 g/mol. The van der Waals surface area contributed by atoms with Gasteiger partial charge in [-0.15, -0.1) is 0 Å². The lowest BCUT2D eigenvalue weighted by Gasteiger charge is -2.33. The van der Waals surface area contributed by atoms with Crippen LogP contribution in [0.2, 0.25) is 0 Å². The third-order valence-corrected chi connectivity index (χ3v) is 13.2. The van der Waals surface area contributed by atoms with Crippen LogP contribution < -0.4 is 15.4 Å². The molecule has 0 aliphatic carbocycles. The number of likely N-dealkylation sites (tertiary alicyclic amines) is 2. The molecule has 5 aromatic rings. The van der Waals surface area contributed by atoms with Crippen LogP contribution in [-0.4, -0.2) is 106 Å². The van der Waals surface area contributed by atoms with E-state index in [1.54, 1.807) is 18.2 Å². The van der Waals surface area contributed by atoms with E-state index >= 15 is 0 Å². The summed E-state index contributed by atoms with van der Waals surface area (Å²) in [5.41, 5.74) is 6.52. The van der Waals surface area contributed by atoms with Crippen molar-refractivity contribution in [1.29, 1.82) is 0 Å². The third kappa shape index (κ3) is 8.28. The van der Waals surface area contributed by atoms with Crippen LogP contribution in [0.3, 0.4) is 0 Å². The van der Waals surface area contributed by atoms with Gasteiger partial charge < -0.3 is 49.3 Å². The molecule has 3 aromatic carbocycles. The van der Waals surface area contributed by atoms with Gasteiger partial charge in [-0.05, 0) is 84.4 Å². The molecule has 334 valence electrons. The lowest BCUT2D eigenvalue weighted by atomic mass is 9.92. The summed E-state index contributed by atoms with van der Waals surface area (Å²) in [5.74, 6) is 1.69. The number of hydrogen-bond acceptors (Lipinski definition) is 10. The van der Waals surface area contributed by atoms with E-state index in [9.17, 15) is 19.2 Å². The summed E-state index contributed by atoms with van der Waals surface area (Å²) in [6.45, 7) is 11.1. The van der Waals surface area contributed by atoms with Crippen LogP contribution in [0.4, 0.5) is 9.59 Å². The van der Waals surface area contributed by atoms with Gasteiger partial charge in [0.05, 0.1) is 55.8 Å². The maximum absolute atomic E-state index is 14.1. The highest BCUT2D eigenvalue weighted by Gasteiger charge is 2.43. The molecule has 2 saturated heterocycles. The molecule has 4 N–H and O–H groups in total. The van der Waals surface area contributed by atoms with Gasteiger partial charge in [-0.1, -0.05) is 52.3 Å². The fraction of sp³-hybridized carbons (Fsp3) is 0.489. The number of aromatic amines is 2.